The van der Waals surface area contributed by atoms with E-state index in [1.54, 1.807) is 0 Å². The molecule has 158 valence electrons. The summed E-state index contributed by atoms with van der Waals surface area (Å²) in [5, 5.41) is 10.7. The van der Waals surface area contributed by atoms with E-state index in [9.17, 15) is 27.1 Å². The van der Waals surface area contributed by atoms with Crippen LogP contribution in [0.5, 0.6) is 0 Å². The van der Waals surface area contributed by atoms with E-state index < -0.39 is 33.3 Å². The molecule has 11 heteroatoms. The molecule has 28 heavy (non-hydrogen) atoms. The molecule has 2 aliphatic heterocycles. The predicted octanol–water partition coefficient (Wildman–Crippen LogP) is 0.289. The predicted molar refractivity (Wildman–Crippen MR) is 98.6 cm³/mol. The SMILES string of the molecule is CS(=O)(=O)N1CCC(O)(CN2CCC(Cn3cnc(C(F)F)cc3=O)CC2)C1. The van der Waals surface area contributed by atoms with Crippen molar-refractivity contribution in [2.24, 2.45) is 5.92 Å². The maximum absolute atomic E-state index is 12.6. The zero-order chi connectivity index (χ0) is 20.5. The summed E-state index contributed by atoms with van der Waals surface area (Å²) < 4.78 is 51.1. The Morgan fingerprint density at radius 2 is 2.00 bits per heavy atom. The number of rotatable bonds is 6. The van der Waals surface area contributed by atoms with Crippen molar-refractivity contribution >= 4 is 10.0 Å². The molecule has 3 rings (SSSR count). The van der Waals surface area contributed by atoms with Gasteiger partial charge in [0.15, 0.2) is 0 Å². The Morgan fingerprint density at radius 3 is 2.54 bits per heavy atom. The van der Waals surface area contributed by atoms with Crippen molar-refractivity contribution in [3.8, 4) is 0 Å². The summed E-state index contributed by atoms with van der Waals surface area (Å²) >= 11 is 0. The van der Waals surface area contributed by atoms with E-state index in [-0.39, 0.29) is 12.5 Å². The number of hydrogen-bond donors (Lipinski definition) is 1. The maximum atomic E-state index is 12.6. The molecule has 8 nitrogen and oxygen atoms in total. The minimum absolute atomic E-state index is 0.114. The molecule has 1 aromatic rings. The molecule has 1 atom stereocenters. The Morgan fingerprint density at radius 1 is 1.32 bits per heavy atom. The van der Waals surface area contributed by atoms with Gasteiger partial charge in [0.2, 0.25) is 10.0 Å². The Balaban J connectivity index is 1.51. The minimum Gasteiger partial charge on any atom is -0.387 e. The van der Waals surface area contributed by atoms with Crippen LogP contribution in [0.4, 0.5) is 8.78 Å². The van der Waals surface area contributed by atoms with Crippen molar-refractivity contribution in [1.82, 2.24) is 18.8 Å². The van der Waals surface area contributed by atoms with Gasteiger partial charge in [0, 0.05) is 32.2 Å². The summed E-state index contributed by atoms with van der Waals surface area (Å²) in [4.78, 5) is 17.7. The number of hydrogen-bond acceptors (Lipinski definition) is 6. The number of alkyl halides is 2. The molecule has 0 aliphatic carbocycles. The molecule has 0 spiro atoms. The van der Waals surface area contributed by atoms with E-state index >= 15 is 0 Å². The lowest BCUT2D eigenvalue weighted by Crippen LogP contribution is -2.48. The molecule has 2 saturated heterocycles. The average Bonchev–Trinajstić information content (AvgIpc) is 3.00. The third-order valence-corrected chi connectivity index (χ3v) is 6.82. The molecule has 2 aliphatic rings. The molecule has 0 amide bonds. The smallest absolute Gasteiger partial charge is 0.280 e. The molecule has 0 bridgehead atoms. The topological polar surface area (TPSA) is 95.7 Å². The standard InChI is InChI=1S/C17H26F2N4O4S/c1-28(26,27)23-7-4-17(25,11-23)10-21-5-2-13(3-6-21)9-22-12-20-14(16(18)19)8-15(22)24/h8,12-13,16,25H,2-7,9-11H2,1H3. The highest BCUT2D eigenvalue weighted by Crippen LogP contribution is 2.27. The number of halogens is 2. The summed E-state index contributed by atoms with van der Waals surface area (Å²) in [6.45, 7) is 2.73. The Kier molecular flexibility index (Phi) is 6.18. The van der Waals surface area contributed by atoms with Gasteiger partial charge in [0.1, 0.15) is 5.69 Å². The minimum atomic E-state index is -3.30. The Bertz CT molecular complexity index is 855. The monoisotopic (exact) mass is 420 g/mol. The van der Waals surface area contributed by atoms with Crippen molar-refractivity contribution in [3.05, 3.63) is 28.4 Å². The number of aromatic nitrogens is 2. The first kappa shape index (κ1) is 21.3. The van der Waals surface area contributed by atoms with E-state index in [0.29, 0.717) is 26.1 Å². The summed E-state index contributed by atoms with van der Waals surface area (Å²) in [5.74, 6) is 0.221. The fraction of sp³-hybridized carbons (Fsp3) is 0.765. The summed E-state index contributed by atoms with van der Waals surface area (Å²) in [6.07, 6.45) is 1.58. The molecule has 0 radical (unpaired) electrons. The van der Waals surface area contributed by atoms with Gasteiger partial charge >= 0.3 is 0 Å². The van der Waals surface area contributed by atoms with Gasteiger partial charge in [-0.1, -0.05) is 0 Å². The molecular formula is C17H26F2N4O4S. The lowest BCUT2D eigenvalue weighted by atomic mass is 9.94. The van der Waals surface area contributed by atoms with Gasteiger partial charge in [0.05, 0.1) is 18.2 Å². The van der Waals surface area contributed by atoms with Crippen LogP contribution >= 0.6 is 0 Å². The van der Waals surface area contributed by atoms with Gasteiger partial charge < -0.3 is 10.0 Å². The van der Waals surface area contributed by atoms with Crippen LogP contribution in [0.25, 0.3) is 0 Å². The highest BCUT2D eigenvalue weighted by atomic mass is 32.2. The Labute approximate surface area is 162 Å². The van der Waals surface area contributed by atoms with Crippen molar-refractivity contribution in [2.45, 2.75) is 37.8 Å². The van der Waals surface area contributed by atoms with Crippen molar-refractivity contribution in [3.63, 3.8) is 0 Å². The van der Waals surface area contributed by atoms with Crippen LogP contribution in [-0.2, 0) is 16.6 Å². The molecule has 2 fully saturated rings. The zero-order valence-corrected chi connectivity index (χ0v) is 16.6. The number of aliphatic hydroxyl groups is 1. The van der Waals surface area contributed by atoms with Gasteiger partial charge in [0.25, 0.3) is 12.0 Å². The molecule has 1 unspecified atom stereocenters. The zero-order valence-electron chi connectivity index (χ0n) is 15.8. The van der Waals surface area contributed by atoms with Gasteiger partial charge in [-0.25, -0.2) is 22.2 Å². The highest BCUT2D eigenvalue weighted by Gasteiger charge is 2.41. The van der Waals surface area contributed by atoms with Gasteiger partial charge in [-0.05, 0) is 38.3 Å². The second-order valence-electron chi connectivity index (χ2n) is 7.90. The van der Waals surface area contributed by atoms with E-state index in [1.165, 1.54) is 15.2 Å². The third kappa shape index (κ3) is 5.13. The fourth-order valence-electron chi connectivity index (χ4n) is 3.95. The van der Waals surface area contributed by atoms with E-state index in [1.807, 2.05) is 0 Å². The first-order valence-electron chi connectivity index (χ1n) is 9.30. The fourth-order valence-corrected chi connectivity index (χ4v) is 4.85. The summed E-state index contributed by atoms with van der Waals surface area (Å²) in [7, 11) is -3.30. The quantitative estimate of drug-likeness (QED) is 0.711. The van der Waals surface area contributed by atoms with Crippen molar-refractivity contribution in [2.75, 3.05) is 39.0 Å². The van der Waals surface area contributed by atoms with E-state index in [2.05, 4.69) is 9.88 Å². The van der Waals surface area contributed by atoms with Crippen LogP contribution in [0.1, 0.15) is 31.4 Å². The molecule has 1 N–H and O–H groups in total. The van der Waals surface area contributed by atoms with E-state index in [0.717, 1.165) is 38.3 Å². The molecular weight excluding hydrogens is 394 g/mol. The number of likely N-dealkylation sites (tertiary alicyclic amines) is 1. The van der Waals surface area contributed by atoms with Crippen molar-refractivity contribution < 1.29 is 22.3 Å². The number of sulfonamides is 1. The lowest BCUT2D eigenvalue weighted by molar-refractivity contribution is 0.00599. The molecule has 0 aromatic carbocycles. The Hall–Kier alpha value is -1.43. The van der Waals surface area contributed by atoms with Crippen LogP contribution in [0.3, 0.4) is 0 Å². The second kappa shape index (κ2) is 8.13. The molecule has 0 saturated carbocycles. The van der Waals surface area contributed by atoms with E-state index in [4.69, 9.17) is 0 Å². The van der Waals surface area contributed by atoms with Crippen LogP contribution in [0.15, 0.2) is 17.2 Å². The van der Waals surface area contributed by atoms with Crippen LogP contribution < -0.4 is 5.56 Å². The third-order valence-electron chi connectivity index (χ3n) is 5.57. The van der Waals surface area contributed by atoms with Gasteiger partial charge in [-0.15, -0.1) is 0 Å². The van der Waals surface area contributed by atoms with Crippen molar-refractivity contribution in [1.29, 1.82) is 0 Å². The number of piperidine rings is 1. The summed E-state index contributed by atoms with van der Waals surface area (Å²) in [6, 6.07) is 0.878. The van der Waals surface area contributed by atoms with Crippen LogP contribution in [0, 0.1) is 5.92 Å². The summed E-state index contributed by atoms with van der Waals surface area (Å²) in [5.41, 5.74) is -2.03. The maximum Gasteiger partial charge on any atom is 0.280 e. The van der Waals surface area contributed by atoms with Gasteiger partial charge in [-0.3, -0.25) is 9.36 Å². The van der Waals surface area contributed by atoms with Gasteiger partial charge in [-0.2, -0.15) is 4.31 Å². The largest absolute Gasteiger partial charge is 0.387 e. The molecule has 1 aromatic heterocycles. The van der Waals surface area contributed by atoms with Crippen LogP contribution in [0.2, 0.25) is 0 Å². The highest BCUT2D eigenvalue weighted by molar-refractivity contribution is 7.88. The second-order valence-corrected chi connectivity index (χ2v) is 9.88. The molecule has 3 heterocycles. The first-order valence-corrected chi connectivity index (χ1v) is 11.1. The number of nitrogens with zero attached hydrogens (tertiary/aromatic N) is 4. The van der Waals surface area contributed by atoms with Crippen LogP contribution in [-0.4, -0.2) is 76.9 Å². The normalized spacial score (nSPS) is 25.6. The average molecular weight is 420 g/mol. The first-order chi connectivity index (χ1) is 13.1. The number of β-amino-alcohol motifs (C(OH)–C–C–N with tert-alkyl or cyclic N) is 1. The lowest BCUT2D eigenvalue weighted by Gasteiger charge is -2.36.